The van der Waals surface area contributed by atoms with Gasteiger partial charge in [-0.3, -0.25) is 14.5 Å². The standard InChI is InChI=1S/C122H125NO25/c1-80-101(128-69-84-42-18-6-19-43-84)107(132-73-88-50-26-10-27-51-88)112(120(138-80)141-95-66-64-94(126-4)65-67-95)148-122-113(108(133-74-89-52-28-11-29-53-89)102(82(3)140-122)129-70-85-44-20-7-21-45-85)146-118-100(123-115(124)96-62-38-39-63-97(96)116(123)125)106(105-99(142-118)79-137-117(144-105)93-60-36-15-37-61-93)145-121-114(109(134-75-90-54-30-12-31-55-90)103(81(2)139-121)130-71-86-46-22-8-23-47-86)147-119-111(136-77-92-58-34-14-35-59-92)110(135-76-91-56-32-13-33-57-91)104(131-72-87-48-24-9-25-49-87)98(143-119)78-127-68-83-40-16-5-17-41-83/h5-67,80-82,98-114,117-122H,68-79H2,1-4H3/t80-,81-,82-,98+,99+,100+,101-,102-,103-,104+,105+,106+,107+,108+,109+,110-,111+,112+,113+,114+,117?,118-,119+,120-,121-,122-/m0/s1. The number of benzene rings is 13. The lowest BCUT2D eigenvalue weighted by Crippen LogP contribution is -2.72. The molecule has 768 valence electrons. The number of fused-ring (bicyclic) bond motifs is 2. The smallest absolute Gasteiger partial charge is 0.262 e. The van der Waals surface area contributed by atoms with Gasteiger partial charge in [0.1, 0.15) is 109 Å². The minimum absolute atomic E-state index is 0.00507. The molecule has 20 rings (SSSR count). The monoisotopic (exact) mass is 2000 g/mol. The molecule has 7 aliphatic heterocycles. The van der Waals surface area contributed by atoms with Crippen molar-refractivity contribution in [3.05, 3.63) is 455 Å². The molecule has 0 bridgehead atoms. The second-order valence-electron chi connectivity index (χ2n) is 38.0. The highest BCUT2D eigenvalue weighted by molar-refractivity contribution is 6.21. The SMILES string of the molecule is COc1ccc(O[C@@H]2O[C@@H](C)[C@H](OCc3ccccc3)[C@@H](OCc3ccccc3)[C@H]2O[C@@H]2O[C@@H](C)[C@H](OCc3ccccc3)[C@@H](OCc3ccccc3)[C@H]2O[C@@H]2O[C@@H]3COC(c4ccccc4)O[C@H]3[C@H](O[C@@H]3O[C@@H](C)[C@H](OCc4ccccc4)[C@@H](OCc4ccccc4)[C@H]3O[C@H]3O[C@H](COCc4ccccc4)[C@@H](OCc4ccccc4)[C@H](OCc4ccccc4)[C@H]3OCc3ccccc3)[C@H]2N2C(=O)c3ccccc3C2=O)cc1. The number of carbonyl (C=O) groups excluding carboxylic acids is 2. The summed E-state index contributed by atoms with van der Waals surface area (Å²) in [4.78, 5) is 34.7. The average molecular weight is 2010 g/mol. The van der Waals surface area contributed by atoms with Crippen molar-refractivity contribution >= 4 is 11.8 Å². The number of methoxy groups -OCH3 is 1. The number of nitrogens with zero attached hydrogens (tertiary/aromatic N) is 1. The topological polar surface area (TPSA) is 250 Å². The molecule has 6 fully saturated rings. The molecule has 0 spiro atoms. The van der Waals surface area contributed by atoms with Crippen molar-refractivity contribution in [1.82, 2.24) is 4.90 Å². The molecule has 0 saturated carbocycles. The van der Waals surface area contributed by atoms with Crippen molar-refractivity contribution in [2.45, 2.75) is 247 Å². The fourth-order valence-electron chi connectivity index (χ4n) is 20.1. The molecule has 148 heavy (non-hydrogen) atoms. The molecule has 26 nitrogen and oxygen atoms in total. The summed E-state index contributed by atoms with van der Waals surface area (Å²) >= 11 is 0. The van der Waals surface area contributed by atoms with Crippen LogP contribution in [-0.4, -0.2) is 191 Å². The van der Waals surface area contributed by atoms with Gasteiger partial charge in [-0.25, -0.2) is 0 Å². The van der Waals surface area contributed by atoms with Crippen molar-refractivity contribution in [1.29, 1.82) is 0 Å². The summed E-state index contributed by atoms with van der Waals surface area (Å²) in [7, 11) is 1.59. The highest BCUT2D eigenvalue weighted by atomic mass is 16.8. The minimum atomic E-state index is -1.85. The average Bonchev–Trinajstić information content (AvgIpc) is 1.18. The summed E-state index contributed by atoms with van der Waals surface area (Å²) in [5.74, 6) is -0.464. The number of hydrogen-bond acceptors (Lipinski definition) is 25. The van der Waals surface area contributed by atoms with Crippen molar-refractivity contribution in [3.8, 4) is 11.5 Å². The lowest BCUT2D eigenvalue weighted by molar-refractivity contribution is -0.417. The third kappa shape index (κ3) is 25.7. The first-order chi connectivity index (χ1) is 72.9. The number of rotatable bonds is 44. The van der Waals surface area contributed by atoms with Gasteiger partial charge in [0.2, 0.25) is 6.29 Å². The van der Waals surface area contributed by atoms with Gasteiger partial charge in [0.05, 0.1) is 116 Å². The second kappa shape index (κ2) is 50.8. The van der Waals surface area contributed by atoms with Gasteiger partial charge in [0.25, 0.3) is 11.8 Å². The van der Waals surface area contributed by atoms with Gasteiger partial charge < -0.3 is 109 Å². The molecule has 0 radical (unpaired) electrons. The van der Waals surface area contributed by atoms with Gasteiger partial charge in [-0.2, -0.15) is 0 Å². The molecular formula is C122H125NO25. The lowest BCUT2D eigenvalue weighted by Gasteiger charge is -2.55. The van der Waals surface area contributed by atoms with Gasteiger partial charge >= 0.3 is 0 Å². The molecule has 0 aliphatic carbocycles. The summed E-state index contributed by atoms with van der Waals surface area (Å²) < 4.78 is 171. The Bertz CT molecular complexity index is 6170. The van der Waals surface area contributed by atoms with Crippen LogP contribution in [-0.2, 0) is 166 Å². The van der Waals surface area contributed by atoms with Crippen LogP contribution in [0, 0.1) is 0 Å². The fourth-order valence-corrected chi connectivity index (χ4v) is 20.1. The van der Waals surface area contributed by atoms with Crippen molar-refractivity contribution < 1.29 is 119 Å². The molecule has 13 aromatic carbocycles. The normalized spacial score (nSPS) is 28.5. The summed E-state index contributed by atoms with van der Waals surface area (Å²) in [5, 5.41) is 0. The Labute approximate surface area is 863 Å². The first-order valence-electron chi connectivity index (χ1n) is 50.9. The van der Waals surface area contributed by atoms with E-state index in [1.54, 1.807) is 55.6 Å². The maximum Gasteiger partial charge on any atom is 0.262 e. The van der Waals surface area contributed by atoms with Crippen LogP contribution >= 0.6 is 0 Å². The second-order valence-corrected chi connectivity index (χ2v) is 38.0. The van der Waals surface area contributed by atoms with E-state index in [0.717, 1.165) is 60.5 Å². The van der Waals surface area contributed by atoms with E-state index in [0.29, 0.717) is 17.1 Å². The van der Waals surface area contributed by atoms with Gasteiger partial charge in [-0.15, -0.1) is 0 Å². The Morgan fingerprint density at radius 3 is 0.912 bits per heavy atom. The van der Waals surface area contributed by atoms with Gasteiger partial charge in [0.15, 0.2) is 37.6 Å². The maximum atomic E-state index is 16.8. The van der Waals surface area contributed by atoms with E-state index < -0.39 is 172 Å². The van der Waals surface area contributed by atoms with E-state index in [1.807, 2.05) is 354 Å². The largest absolute Gasteiger partial charge is 0.497 e. The molecule has 26 heteroatoms. The van der Waals surface area contributed by atoms with Gasteiger partial charge in [0, 0.05) is 5.56 Å². The Morgan fingerprint density at radius 2 is 0.547 bits per heavy atom. The van der Waals surface area contributed by atoms with E-state index in [-0.39, 0.29) is 90.4 Å². The van der Waals surface area contributed by atoms with Crippen LogP contribution in [0.15, 0.2) is 382 Å². The molecule has 6 saturated heterocycles. The number of amides is 2. The third-order valence-electron chi connectivity index (χ3n) is 27.7. The van der Waals surface area contributed by atoms with E-state index in [2.05, 4.69) is 0 Å². The molecule has 0 N–H and O–H groups in total. The molecule has 1 unspecified atom stereocenters. The van der Waals surface area contributed by atoms with Crippen LogP contribution < -0.4 is 9.47 Å². The number of imide groups is 1. The van der Waals surface area contributed by atoms with E-state index in [1.165, 1.54) is 0 Å². The predicted octanol–water partition coefficient (Wildman–Crippen LogP) is 19.6. The summed E-state index contributed by atoms with van der Waals surface area (Å²) in [6, 6.07) is 120. The van der Waals surface area contributed by atoms with Crippen LogP contribution in [0.4, 0.5) is 0 Å². The zero-order valence-corrected chi connectivity index (χ0v) is 83.0. The molecule has 2 amide bonds. The van der Waals surface area contributed by atoms with Gasteiger partial charge in [-0.05, 0) is 113 Å². The van der Waals surface area contributed by atoms with Crippen molar-refractivity contribution in [2.24, 2.45) is 0 Å². The Balaban J connectivity index is 0.763. The van der Waals surface area contributed by atoms with Gasteiger partial charge in [-0.1, -0.05) is 346 Å². The molecule has 13 aromatic rings. The quantitative estimate of drug-likeness (QED) is 0.0322. The maximum absolute atomic E-state index is 16.8. The summed E-state index contributed by atoms with van der Waals surface area (Å²) in [6.07, 6.45) is -30.9. The van der Waals surface area contributed by atoms with Crippen LogP contribution in [0.1, 0.15) is 109 Å². The van der Waals surface area contributed by atoms with Crippen LogP contribution in [0.5, 0.6) is 11.5 Å². The van der Waals surface area contributed by atoms with Crippen LogP contribution in [0.3, 0.4) is 0 Å². The first kappa shape index (κ1) is 103. The van der Waals surface area contributed by atoms with Crippen LogP contribution in [0.2, 0.25) is 0 Å². The van der Waals surface area contributed by atoms with E-state index in [4.69, 9.17) is 109 Å². The minimum Gasteiger partial charge on any atom is -0.497 e. The van der Waals surface area contributed by atoms with E-state index >= 15 is 9.59 Å². The number of ether oxygens (including phenoxy) is 23. The molecule has 0 aromatic heterocycles. The van der Waals surface area contributed by atoms with Crippen molar-refractivity contribution in [3.63, 3.8) is 0 Å². The first-order valence-corrected chi connectivity index (χ1v) is 50.9. The van der Waals surface area contributed by atoms with E-state index in [9.17, 15) is 0 Å². The molecule has 7 aliphatic rings. The predicted molar refractivity (Wildman–Crippen MR) is 545 cm³/mol. The van der Waals surface area contributed by atoms with Crippen molar-refractivity contribution in [2.75, 3.05) is 20.3 Å². The Morgan fingerprint density at radius 1 is 0.264 bits per heavy atom. The molecular weight excluding hydrogens is 1880 g/mol. The summed E-state index contributed by atoms with van der Waals surface area (Å²) in [5.41, 5.74) is 9.33. The number of carbonyl (C=O) groups is 2. The molecule has 26 atom stereocenters. The highest BCUT2D eigenvalue weighted by Gasteiger charge is 2.64. The highest BCUT2D eigenvalue weighted by Crippen LogP contribution is 2.47. The fraction of sp³-hybridized carbons (Fsp3) is 0.344. The summed E-state index contributed by atoms with van der Waals surface area (Å²) in [6.45, 7) is 6.20. The Kier molecular flexibility index (Phi) is 35.4. The Hall–Kier alpha value is -12.2. The number of hydrogen-bond donors (Lipinski definition) is 0. The zero-order chi connectivity index (χ0) is 101. The third-order valence-corrected chi connectivity index (χ3v) is 27.7. The zero-order valence-electron chi connectivity index (χ0n) is 83.0. The lowest BCUT2D eigenvalue weighted by atomic mass is 9.92. The van der Waals surface area contributed by atoms with Crippen LogP contribution in [0.25, 0.3) is 0 Å². The molecule has 7 heterocycles.